The van der Waals surface area contributed by atoms with Gasteiger partial charge in [0.1, 0.15) is 11.5 Å². The number of likely N-dealkylation sites (tertiary alicyclic amines) is 1. The van der Waals surface area contributed by atoms with Gasteiger partial charge < -0.3 is 28.8 Å². The second-order valence-electron chi connectivity index (χ2n) is 8.08. The second kappa shape index (κ2) is 13.1. The van der Waals surface area contributed by atoms with E-state index < -0.39 is 0 Å². The number of fused-ring (bicyclic) bond motifs is 1. The van der Waals surface area contributed by atoms with E-state index in [9.17, 15) is 0 Å². The maximum absolute atomic E-state index is 5.84. The van der Waals surface area contributed by atoms with Crippen molar-refractivity contribution in [3.8, 4) is 5.75 Å². The Morgan fingerprint density at radius 3 is 2.94 bits per heavy atom. The van der Waals surface area contributed by atoms with Crippen LogP contribution < -0.4 is 10.1 Å². The zero-order chi connectivity index (χ0) is 21.3. The summed E-state index contributed by atoms with van der Waals surface area (Å²) in [7, 11) is 1.70. The standard InChI is InChI=1S/C24H33N3O4.HI/c1-28-15-16-29-18-19-9-12-27(17-19)24(25-11-8-20-5-4-13-30-20)26-22-10-14-31-23-7-3-2-6-21(22)23;/h2-7,13,19,22H,8-12,14-18H2,1H3,(H,25,26);1H. The molecule has 1 aromatic heterocycles. The molecule has 2 unspecified atom stereocenters. The number of ether oxygens (including phenoxy) is 3. The fourth-order valence-corrected chi connectivity index (χ4v) is 4.16. The molecule has 8 heteroatoms. The van der Waals surface area contributed by atoms with Crippen LogP contribution in [0.4, 0.5) is 0 Å². The first-order valence-electron chi connectivity index (χ1n) is 11.2. The quantitative estimate of drug-likeness (QED) is 0.219. The van der Waals surface area contributed by atoms with Crippen molar-refractivity contribution in [1.29, 1.82) is 0 Å². The lowest BCUT2D eigenvalue weighted by atomic mass is 10.0. The third-order valence-corrected chi connectivity index (χ3v) is 5.83. The van der Waals surface area contributed by atoms with Crippen LogP contribution in [0.15, 0.2) is 52.1 Å². The molecular weight excluding hydrogens is 521 g/mol. The third-order valence-electron chi connectivity index (χ3n) is 5.83. The summed E-state index contributed by atoms with van der Waals surface area (Å²) >= 11 is 0. The van der Waals surface area contributed by atoms with Gasteiger partial charge in [-0.05, 0) is 24.6 Å². The van der Waals surface area contributed by atoms with Gasteiger partial charge in [-0.25, -0.2) is 0 Å². The van der Waals surface area contributed by atoms with Crippen LogP contribution in [0, 0.1) is 5.92 Å². The number of para-hydroxylation sites is 1. The summed E-state index contributed by atoms with van der Waals surface area (Å²) in [5.74, 6) is 3.40. The molecule has 2 aliphatic rings. The first-order chi connectivity index (χ1) is 15.3. The van der Waals surface area contributed by atoms with E-state index in [0.29, 0.717) is 32.3 Å². The molecule has 4 rings (SSSR count). The number of nitrogens with zero attached hydrogens (tertiary/aromatic N) is 2. The van der Waals surface area contributed by atoms with Crippen molar-refractivity contribution in [2.75, 3.05) is 53.2 Å². The van der Waals surface area contributed by atoms with E-state index in [1.54, 1.807) is 13.4 Å². The first-order valence-corrected chi connectivity index (χ1v) is 11.2. The fraction of sp³-hybridized carbons (Fsp3) is 0.542. The molecule has 176 valence electrons. The average Bonchev–Trinajstić information content (AvgIpc) is 3.49. The van der Waals surface area contributed by atoms with Gasteiger partial charge in [-0.15, -0.1) is 24.0 Å². The Balaban J connectivity index is 0.00000289. The molecule has 7 nitrogen and oxygen atoms in total. The number of benzene rings is 1. The molecule has 2 aliphatic heterocycles. The summed E-state index contributed by atoms with van der Waals surface area (Å²) in [6, 6.07) is 12.4. The van der Waals surface area contributed by atoms with Gasteiger partial charge in [-0.1, -0.05) is 18.2 Å². The molecule has 1 N–H and O–H groups in total. The average molecular weight is 555 g/mol. The minimum Gasteiger partial charge on any atom is -0.493 e. The molecule has 2 aromatic rings. The van der Waals surface area contributed by atoms with Gasteiger partial charge >= 0.3 is 0 Å². The van der Waals surface area contributed by atoms with Crippen LogP contribution in [-0.2, 0) is 15.9 Å². The molecule has 1 fully saturated rings. The Hall–Kier alpha value is -1.78. The number of aliphatic imine (C=N–C) groups is 1. The molecule has 0 spiro atoms. The molecule has 2 atom stereocenters. The van der Waals surface area contributed by atoms with Crippen molar-refractivity contribution in [1.82, 2.24) is 10.2 Å². The third kappa shape index (κ3) is 6.86. The van der Waals surface area contributed by atoms with Gasteiger partial charge in [-0.2, -0.15) is 0 Å². The number of hydrogen-bond acceptors (Lipinski definition) is 5. The van der Waals surface area contributed by atoms with E-state index in [4.69, 9.17) is 23.6 Å². The molecule has 3 heterocycles. The SMILES string of the molecule is COCCOCC1CCN(C(=NCCc2ccco2)NC2CCOc3ccccc32)C1.I. The normalized spacial score (nSPS) is 20.4. The maximum atomic E-state index is 5.84. The van der Waals surface area contributed by atoms with Crippen molar-refractivity contribution in [3.63, 3.8) is 0 Å². The summed E-state index contributed by atoms with van der Waals surface area (Å²) in [6.45, 7) is 5.38. The van der Waals surface area contributed by atoms with Crippen molar-refractivity contribution < 1.29 is 18.6 Å². The molecule has 1 aromatic carbocycles. The second-order valence-corrected chi connectivity index (χ2v) is 8.08. The monoisotopic (exact) mass is 555 g/mol. The minimum absolute atomic E-state index is 0. The van der Waals surface area contributed by atoms with Crippen molar-refractivity contribution in [3.05, 3.63) is 54.0 Å². The number of methoxy groups -OCH3 is 1. The summed E-state index contributed by atoms with van der Waals surface area (Å²) in [4.78, 5) is 7.33. The summed E-state index contributed by atoms with van der Waals surface area (Å²) in [5, 5.41) is 3.74. The van der Waals surface area contributed by atoms with E-state index in [1.165, 1.54) is 5.56 Å². The highest BCUT2D eigenvalue weighted by atomic mass is 127. The highest BCUT2D eigenvalue weighted by Crippen LogP contribution is 2.32. The number of hydrogen-bond donors (Lipinski definition) is 1. The van der Waals surface area contributed by atoms with Crippen LogP contribution in [0.25, 0.3) is 0 Å². The van der Waals surface area contributed by atoms with E-state index in [1.807, 2.05) is 24.3 Å². The predicted molar refractivity (Wildman–Crippen MR) is 135 cm³/mol. The molecule has 0 saturated carbocycles. The van der Waals surface area contributed by atoms with Crippen molar-refractivity contribution >= 4 is 29.9 Å². The number of nitrogens with one attached hydrogen (secondary N) is 1. The lowest BCUT2D eigenvalue weighted by Gasteiger charge is -2.31. The smallest absolute Gasteiger partial charge is 0.194 e. The van der Waals surface area contributed by atoms with E-state index in [-0.39, 0.29) is 30.0 Å². The highest BCUT2D eigenvalue weighted by molar-refractivity contribution is 14.0. The molecule has 0 amide bonds. The van der Waals surface area contributed by atoms with Crippen LogP contribution >= 0.6 is 24.0 Å². The maximum Gasteiger partial charge on any atom is 0.194 e. The lowest BCUT2D eigenvalue weighted by molar-refractivity contribution is 0.0536. The van der Waals surface area contributed by atoms with E-state index in [0.717, 1.165) is 56.4 Å². The number of furan rings is 1. The van der Waals surface area contributed by atoms with E-state index in [2.05, 4.69) is 22.3 Å². The Morgan fingerprint density at radius 2 is 2.09 bits per heavy atom. The van der Waals surface area contributed by atoms with Gasteiger partial charge in [0.15, 0.2) is 5.96 Å². The Morgan fingerprint density at radius 1 is 1.19 bits per heavy atom. The molecule has 0 aliphatic carbocycles. The number of halogens is 1. The Kier molecular flexibility index (Phi) is 10.1. The predicted octanol–water partition coefficient (Wildman–Crippen LogP) is 3.89. The molecular formula is C24H34IN3O4. The fourth-order valence-electron chi connectivity index (χ4n) is 4.16. The van der Waals surface area contributed by atoms with Crippen molar-refractivity contribution in [2.45, 2.75) is 25.3 Å². The van der Waals surface area contributed by atoms with Crippen molar-refractivity contribution in [2.24, 2.45) is 10.9 Å². The van der Waals surface area contributed by atoms with Gasteiger partial charge in [0.05, 0.1) is 38.7 Å². The van der Waals surface area contributed by atoms with Crippen LogP contribution in [0.1, 0.15) is 30.2 Å². The summed E-state index contributed by atoms with van der Waals surface area (Å²) in [6.07, 6.45) is 4.54. The Labute approximate surface area is 207 Å². The van der Waals surface area contributed by atoms with Gasteiger partial charge in [-0.3, -0.25) is 4.99 Å². The van der Waals surface area contributed by atoms with Crippen LogP contribution in [0.5, 0.6) is 5.75 Å². The Bertz CT molecular complexity index is 830. The molecule has 0 bridgehead atoms. The minimum atomic E-state index is 0. The summed E-state index contributed by atoms with van der Waals surface area (Å²) in [5.41, 5.74) is 1.20. The molecule has 32 heavy (non-hydrogen) atoms. The summed E-state index contributed by atoms with van der Waals surface area (Å²) < 4.78 is 22.2. The largest absolute Gasteiger partial charge is 0.493 e. The van der Waals surface area contributed by atoms with Gasteiger partial charge in [0.25, 0.3) is 0 Å². The zero-order valence-corrected chi connectivity index (χ0v) is 21.0. The molecule has 0 radical (unpaired) electrons. The van der Waals surface area contributed by atoms with Gasteiger partial charge in [0, 0.05) is 51.1 Å². The lowest BCUT2D eigenvalue weighted by Crippen LogP contribution is -2.43. The van der Waals surface area contributed by atoms with E-state index >= 15 is 0 Å². The first kappa shape index (κ1) is 24.9. The highest BCUT2D eigenvalue weighted by Gasteiger charge is 2.28. The van der Waals surface area contributed by atoms with Crippen LogP contribution in [0.2, 0.25) is 0 Å². The molecule has 1 saturated heterocycles. The zero-order valence-electron chi connectivity index (χ0n) is 18.7. The topological polar surface area (TPSA) is 68.5 Å². The van der Waals surface area contributed by atoms with Crippen LogP contribution in [0.3, 0.4) is 0 Å². The van der Waals surface area contributed by atoms with Gasteiger partial charge in [0.2, 0.25) is 0 Å². The number of rotatable bonds is 9. The number of guanidine groups is 1. The van der Waals surface area contributed by atoms with Crippen LogP contribution in [-0.4, -0.2) is 64.0 Å².